The molecule has 7 heteroatoms. The number of rotatable bonds is 6. The van der Waals surface area contributed by atoms with E-state index >= 15 is 0 Å². The van der Waals surface area contributed by atoms with E-state index in [2.05, 4.69) is 4.72 Å². The van der Waals surface area contributed by atoms with Gasteiger partial charge in [0.25, 0.3) is 10.0 Å². The first-order valence-corrected chi connectivity index (χ1v) is 10.4. The molecule has 0 spiro atoms. The van der Waals surface area contributed by atoms with Crippen LogP contribution in [0.2, 0.25) is 0 Å². The average Bonchev–Trinajstić information content (AvgIpc) is 3.07. The van der Waals surface area contributed by atoms with Gasteiger partial charge in [-0.05, 0) is 42.2 Å². The Morgan fingerprint density at radius 1 is 1.15 bits per heavy atom. The number of benzene rings is 2. The zero-order chi connectivity index (χ0) is 19.6. The molecule has 1 N–H and O–H groups in total. The van der Waals surface area contributed by atoms with Gasteiger partial charge in [-0.1, -0.05) is 32.0 Å². The lowest BCUT2D eigenvalue weighted by molar-refractivity contribution is -0.117. The number of sulfonamides is 1. The van der Waals surface area contributed by atoms with E-state index in [-0.39, 0.29) is 16.7 Å². The van der Waals surface area contributed by atoms with Crippen LogP contribution in [0.4, 0.5) is 11.4 Å². The van der Waals surface area contributed by atoms with Gasteiger partial charge in [0, 0.05) is 13.0 Å². The molecule has 0 aliphatic carbocycles. The summed E-state index contributed by atoms with van der Waals surface area (Å²) in [5, 5.41) is 0. The zero-order valence-electron chi connectivity index (χ0n) is 15.7. The van der Waals surface area contributed by atoms with Gasteiger partial charge in [0.1, 0.15) is 5.75 Å². The Morgan fingerprint density at radius 2 is 1.89 bits per heavy atom. The van der Waals surface area contributed by atoms with Gasteiger partial charge < -0.3 is 9.64 Å². The lowest BCUT2D eigenvalue weighted by Gasteiger charge is -2.20. The molecular formula is C20H24N2O4S. The Morgan fingerprint density at radius 3 is 2.52 bits per heavy atom. The predicted molar refractivity (Wildman–Crippen MR) is 106 cm³/mol. The molecule has 1 amide bonds. The number of amides is 1. The van der Waals surface area contributed by atoms with Crippen molar-refractivity contribution in [2.75, 3.05) is 23.3 Å². The molecule has 1 aliphatic heterocycles. The van der Waals surface area contributed by atoms with Gasteiger partial charge in [0.05, 0.1) is 23.4 Å². The molecule has 144 valence electrons. The summed E-state index contributed by atoms with van der Waals surface area (Å²) in [6.45, 7) is 4.58. The van der Waals surface area contributed by atoms with Crippen LogP contribution < -0.4 is 14.4 Å². The van der Waals surface area contributed by atoms with Crippen molar-refractivity contribution in [3.63, 3.8) is 0 Å². The van der Waals surface area contributed by atoms with Gasteiger partial charge in [-0.2, -0.15) is 0 Å². The SMILES string of the molecule is COc1ccc(S(=O)(=O)Nc2ccccc2C(C)C)cc1N1CCCC1=O. The molecule has 2 aromatic carbocycles. The van der Waals surface area contributed by atoms with Crippen molar-refractivity contribution >= 4 is 27.3 Å². The highest BCUT2D eigenvalue weighted by Gasteiger charge is 2.27. The largest absolute Gasteiger partial charge is 0.495 e. The molecule has 1 fully saturated rings. The van der Waals surface area contributed by atoms with Gasteiger partial charge in [-0.3, -0.25) is 9.52 Å². The number of methoxy groups -OCH3 is 1. The van der Waals surface area contributed by atoms with E-state index in [9.17, 15) is 13.2 Å². The summed E-state index contributed by atoms with van der Waals surface area (Å²) >= 11 is 0. The average molecular weight is 388 g/mol. The lowest BCUT2D eigenvalue weighted by atomic mass is 10.0. The van der Waals surface area contributed by atoms with E-state index in [1.54, 1.807) is 23.1 Å². The number of hydrogen-bond donors (Lipinski definition) is 1. The maximum absolute atomic E-state index is 13.0. The highest BCUT2D eigenvalue weighted by molar-refractivity contribution is 7.92. The van der Waals surface area contributed by atoms with Crippen LogP contribution in [0.1, 0.15) is 38.2 Å². The summed E-state index contributed by atoms with van der Waals surface area (Å²) in [4.78, 5) is 13.8. The first-order valence-electron chi connectivity index (χ1n) is 8.93. The molecule has 0 radical (unpaired) electrons. The minimum absolute atomic E-state index is 0.0269. The molecule has 1 aliphatic rings. The standard InChI is InChI=1S/C20H24N2O4S/c1-14(2)16-7-4-5-8-17(16)21-27(24,25)15-10-11-19(26-3)18(13-15)22-12-6-9-20(22)23/h4-5,7-8,10-11,13-14,21H,6,9,12H2,1-3H3. The Kier molecular flexibility index (Phi) is 5.41. The highest BCUT2D eigenvalue weighted by atomic mass is 32.2. The number of nitrogens with zero attached hydrogens (tertiary/aromatic N) is 1. The van der Waals surface area contributed by atoms with Crippen molar-refractivity contribution in [3.8, 4) is 5.75 Å². The molecule has 3 rings (SSSR count). The summed E-state index contributed by atoms with van der Waals surface area (Å²) in [6.07, 6.45) is 1.21. The van der Waals surface area contributed by atoms with Crippen LogP contribution in [-0.2, 0) is 14.8 Å². The number of carbonyl (C=O) groups is 1. The molecule has 0 saturated carbocycles. The van der Waals surface area contributed by atoms with Crippen molar-refractivity contribution in [1.82, 2.24) is 0 Å². The van der Waals surface area contributed by atoms with Gasteiger partial charge in [0.2, 0.25) is 5.91 Å². The summed E-state index contributed by atoms with van der Waals surface area (Å²) < 4.78 is 34.0. The number of anilines is 2. The molecular weight excluding hydrogens is 364 g/mol. The molecule has 2 aromatic rings. The fourth-order valence-corrected chi connectivity index (χ4v) is 4.36. The third kappa shape index (κ3) is 3.93. The number of nitrogens with one attached hydrogen (secondary N) is 1. The van der Waals surface area contributed by atoms with Crippen molar-refractivity contribution < 1.29 is 17.9 Å². The summed E-state index contributed by atoms with van der Waals surface area (Å²) in [5.74, 6) is 0.630. The smallest absolute Gasteiger partial charge is 0.261 e. The first-order chi connectivity index (χ1) is 12.8. The fraction of sp³-hybridized carbons (Fsp3) is 0.350. The van der Waals surface area contributed by atoms with Crippen LogP contribution in [0.3, 0.4) is 0 Å². The zero-order valence-corrected chi connectivity index (χ0v) is 16.5. The number of carbonyl (C=O) groups excluding carboxylic acids is 1. The molecule has 27 heavy (non-hydrogen) atoms. The van der Waals surface area contributed by atoms with Gasteiger partial charge in [-0.15, -0.1) is 0 Å². The van der Waals surface area contributed by atoms with Crippen LogP contribution in [-0.4, -0.2) is 28.0 Å². The van der Waals surface area contributed by atoms with Gasteiger partial charge in [-0.25, -0.2) is 8.42 Å². The first kappa shape index (κ1) is 19.2. The Hall–Kier alpha value is -2.54. The van der Waals surface area contributed by atoms with E-state index in [4.69, 9.17) is 4.74 Å². The van der Waals surface area contributed by atoms with Crippen molar-refractivity contribution in [2.24, 2.45) is 0 Å². The third-order valence-electron chi connectivity index (χ3n) is 4.65. The second-order valence-electron chi connectivity index (χ2n) is 6.83. The van der Waals surface area contributed by atoms with E-state index in [1.807, 2.05) is 26.0 Å². The van der Waals surface area contributed by atoms with E-state index < -0.39 is 10.0 Å². The summed E-state index contributed by atoms with van der Waals surface area (Å²) in [7, 11) is -2.30. The molecule has 1 heterocycles. The minimum Gasteiger partial charge on any atom is -0.495 e. The van der Waals surface area contributed by atoms with Crippen LogP contribution in [0.25, 0.3) is 0 Å². The number of ether oxygens (including phenoxy) is 1. The summed E-state index contributed by atoms with van der Waals surface area (Å²) in [6, 6.07) is 11.9. The van der Waals surface area contributed by atoms with Gasteiger partial charge >= 0.3 is 0 Å². The quantitative estimate of drug-likeness (QED) is 0.818. The second kappa shape index (κ2) is 7.60. The normalized spacial score (nSPS) is 14.7. The minimum atomic E-state index is -3.81. The fourth-order valence-electron chi connectivity index (χ4n) is 3.25. The molecule has 6 nitrogen and oxygen atoms in total. The highest BCUT2D eigenvalue weighted by Crippen LogP contribution is 2.34. The van der Waals surface area contributed by atoms with Crippen molar-refractivity contribution in [3.05, 3.63) is 48.0 Å². The Balaban J connectivity index is 1.99. The predicted octanol–water partition coefficient (Wildman–Crippen LogP) is 3.75. The lowest BCUT2D eigenvalue weighted by Crippen LogP contribution is -2.25. The van der Waals surface area contributed by atoms with E-state index in [1.165, 1.54) is 19.2 Å². The number of para-hydroxylation sites is 1. The van der Waals surface area contributed by atoms with Crippen LogP contribution in [0.5, 0.6) is 5.75 Å². The van der Waals surface area contributed by atoms with Crippen molar-refractivity contribution in [1.29, 1.82) is 0 Å². The maximum Gasteiger partial charge on any atom is 0.261 e. The maximum atomic E-state index is 13.0. The molecule has 0 atom stereocenters. The van der Waals surface area contributed by atoms with Crippen LogP contribution in [0, 0.1) is 0 Å². The van der Waals surface area contributed by atoms with E-state index in [0.29, 0.717) is 30.1 Å². The van der Waals surface area contributed by atoms with Crippen molar-refractivity contribution in [2.45, 2.75) is 37.5 Å². The Bertz CT molecular complexity index is 954. The topological polar surface area (TPSA) is 75.7 Å². The third-order valence-corrected chi connectivity index (χ3v) is 6.02. The molecule has 1 saturated heterocycles. The van der Waals surface area contributed by atoms with E-state index in [0.717, 1.165) is 12.0 Å². The monoisotopic (exact) mass is 388 g/mol. The van der Waals surface area contributed by atoms with Crippen LogP contribution >= 0.6 is 0 Å². The number of hydrogen-bond acceptors (Lipinski definition) is 4. The molecule has 0 bridgehead atoms. The molecule has 0 unspecified atom stereocenters. The molecule has 0 aromatic heterocycles. The Labute approximate surface area is 160 Å². The van der Waals surface area contributed by atoms with Crippen LogP contribution in [0.15, 0.2) is 47.4 Å². The summed E-state index contributed by atoms with van der Waals surface area (Å²) in [5.41, 5.74) is 1.96. The second-order valence-corrected chi connectivity index (χ2v) is 8.51. The van der Waals surface area contributed by atoms with Gasteiger partial charge in [0.15, 0.2) is 0 Å².